The van der Waals surface area contributed by atoms with E-state index >= 15 is 0 Å². The zero-order valence-electron chi connectivity index (χ0n) is 18.0. The third-order valence-corrected chi connectivity index (χ3v) is 7.19. The molecule has 7 heteroatoms. The molecule has 1 aliphatic rings. The molecule has 5 rings (SSSR count). The van der Waals surface area contributed by atoms with Crippen LogP contribution in [0, 0.1) is 19.8 Å². The molecule has 4 aromatic rings. The molecule has 4 heterocycles. The van der Waals surface area contributed by atoms with E-state index in [-0.39, 0.29) is 5.63 Å². The second kappa shape index (κ2) is 8.05. The van der Waals surface area contributed by atoms with Gasteiger partial charge in [0, 0.05) is 22.4 Å². The van der Waals surface area contributed by atoms with Crippen molar-refractivity contribution in [3.8, 4) is 11.6 Å². The van der Waals surface area contributed by atoms with Gasteiger partial charge in [0.15, 0.2) is 0 Å². The third kappa shape index (κ3) is 4.07. The number of piperidine rings is 1. The maximum Gasteiger partial charge on any atom is 0.336 e. The van der Waals surface area contributed by atoms with Crippen LogP contribution < -0.4 is 10.4 Å². The minimum Gasteiger partial charge on any atom is -0.438 e. The Balaban J connectivity index is 1.52. The van der Waals surface area contributed by atoms with Crippen molar-refractivity contribution < 1.29 is 9.15 Å². The molecule has 1 fully saturated rings. The zero-order valence-corrected chi connectivity index (χ0v) is 18.8. The quantitative estimate of drug-likeness (QED) is 0.398. The van der Waals surface area contributed by atoms with E-state index < -0.39 is 0 Å². The Morgan fingerprint density at radius 3 is 2.74 bits per heavy atom. The van der Waals surface area contributed by atoms with E-state index in [2.05, 4.69) is 25.7 Å². The predicted molar refractivity (Wildman–Crippen MR) is 123 cm³/mol. The molecular weight excluding hydrogens is 410 g/mol. The molecule has 31 heavy (non-hydrogen) atoms. The average Bonchev–Trinajstić information content (AvgIpc) is 3.03. The molecule has 0 spiro atoms. The van der Waals surface area contributed by atoms with Gasteiger partial charge in [0.25, 0.3) is 0 Å². The lowest BCUT2D eigenvalue weighted by molar-refractivity contribution is 0.181. The van der Waals surface area contributed by atoms with E-state index in [0.717, 1.165) is 52.5 Å². The largest absolute Gasteiger partial charge is 0.438 e. The van der Waals surface area contributed by atoms with E-state index in [1.54, 1.807) is 23.5 Å². The Labute approximate surface area is 184 Å². The first-order valence-corrected chi connectivity index (χ1v) is 11.5. The molecule has 0 radical (unpaired) electrons. The summed E-state index contributed by atoms with van der Waals surface area (Å²) in [6, 6.07) is 8.66. The molecule has 0 saturated carbocycles. The van der Waals surface area contributed by atoms with Crippen molar-refractivity contribution in [3.63, 3.8) is 0 Å². The predicted octanol–water partition coefficient (Wildman–Crippen LogP) is 5.44. The SMILES string of the molecule is Cc1sc2nc(CN3CCC(C)CC3)nc(Oc3ccc4ccc(=O)oc4c3)c2c1C. The van der Waals surface area contributed by atoms with E-state index in [0.29, 0.717) is 17.2 Å². The summed E-state index contributed by atoms with van der Waals surface area (Å²) in [5.41, 5.74) is 1.26. The summed E-state index contributed by atoms with van der Waals surface area (Å²) in [5, 5.41) is 1.80. The first-order chi connectivity index (χ1) is 15.0. The number of likely N-dealkylation sites (tertiary alicyclic amines) is 1. The van der Waals surface area contributed by atoms with Crippen LogP contribution in [0.4, 0.5) is 0 Å². The molecule has 3 aromatic heterocycles. The second-order valence-corrected chi connectivity index (χ2v) is 9.63. The molecule has 160 valence electrons. The maximum absolute atomic E-state index is 11.6. The highest BCUT2D eigenvalue weighted by atomic mass is 32.1. The summed E-state index contributed by atoms with van der Waals surface area (Å²) < 4.78 is 11.6. The standard InChI is InChI=1S/C24H25N3O3S/c1-14-8-10-27(11-9-14)13-20-25-23(22-15(2)16(3)31-24(22)26-20)29-18-6-4-17-5-7-21(28)30-19(17)12-18/h4-7,12,14H,8-11,13H2,1-3H3. The normalized spacial score (nSPS) is 15.7. The van der Waals surface area contributed by atoms with E-state index in [1.807, 2.05) is 12.1 Å². The van der Waals surface area contributed by atoms with Crippen molar-refractivity contribution in [3.05, 3.63) is 57.0 Å². The van der Waals surface area contributed by atoms with E-state index in [1.165, 1.54) is 23.8 Å². The lowest BCUT2D eigenvalue weighted by Gasteiger charge is -2.29. The first kappa shape index (κ1) is 20.2. The van der Waals surface area contributed by atoms with Gasteiger partial charge < -0.3 is 9.15 Å². The second-order valence-electron chi connectivity index (χ2n) is 8.42. The van der Waals surface area contributed by atoms with Gasteiger partial charge in [-0.2, -0.15) is 4.98 Å². The van der Waals surface area contributed by atoms with Crippen LogP contribution in [0.15, 0.2) is 39.5 Å². The molecule has 1 aromatic carbocycles. The minimum absolute atomic E-state index is 0.378. The van der Waals surface area contributed by atoms with Crippen LogP contribution in [-0.2, 0) is 6.54 Å². The van der Waals surface area contributed by atoms with Gasteiger partial charge in [0.2, 0.25) is 5.88 Å². The molecule has 6 nitrogen and oxygen atoms in total. The Kier molecular flexibility index (Phi) is 5.24. The fourth-order valence-corrected chi connectivity index (χ4v) is 5.07. The van der Waals surface area contributed by atoms with Gasteiger partial charge in [-0.25, -0.2) is 9.78 Å². The Morgan fingerprint density at radius 1 is 1.16 bits per heavy atom. The van der Waals surface area contributed by atoms with Gasteiger partial charge in [-0.1, -0.05) is 6.92 Å². The Hall–Kier alpha value is -2.77. The fourth-order valence-electron chi connectivity index (χ4n) is 4.04. The molecule has 0 atom stereocenters. The van der Waals surface area contributed by atoms with Crippen LogP contribution in [0.1, 0.15) is 36.0 Å². The summed E-state index contributed by atoms with van der Waals surface area (Å²) in [6.45, 7) is 9.36. The zero-order chi connectivity index (χ0) is 21.5. The van der Waals surface area contributed by atoms with Crippen molar-refractivity contribution in [2.45, 2.75) is 40.2 Å². The number of aromatic nitrogens is 2. The summed E-state index contributed by atoms with van der Waals surface area (Å²) in [6.07, 6.45) is 2.43. The third-order valence-electron chi connectivity index (χ3n) is 6.09. The number of rotatable bonds is 4. The van der Waals surface area contributed by atoms with Crippen molar-refractivity contribution >= 4 is 32.5 Å². The smallest absolute Gasteiger partial charge is 0.336 e. The first-order valence-electron chi connectivity index (χ1n) is 10.7. The van der Waals surface area contributed by atoms with Gasteiger partial charge in [-0.3, -0.25) is 4.90 Å². The van der Waals surface area contributed by atoms with Crippen molar-refractivity contribution in [2.24, 2.45) is 5.92 Å². The highest BCUT2D eigenvalue weighted by Gasteiger charge is 2.20. The van der Waals surface area contributed by atoms with Crippen molar-refractivity contribution in [1.82, 2.24) is 14.9 Å². The molecule has 0 aliphatic carbocycles. The van der Waals surface area contributed by atoms with Gasteiger partial charge in [0.1, 0.15) is 22.0 Å². The lowest BCUT2D eigenvalue weighted by Crippen LogP contribution is -2.32. The van der Waals surface area contributed by atoms with E-state index in [9.17, 15) is 4.79 Å². The highest BCUT2D eigenvalue weighted by molar-refractivity contribution is 7.18. The average molecular weight is 436 g/mol. The number of hydrogen-bond donors (Lipinski definition) is 0. The van der Waals surface area contributed by atoms with Crippen LogP contribution in [0.2, 0.25) is 0 Å². The lowest BCUT2D eigenvalue weighted by atomic mass is 9.99. The number of fused-ring (bicyclic) bond motifs is 2. The maximum atomic E-state index is 11.6. The monoisotopic (exact) mass is 435 g/mol. The number of nitrogens with zero attached hydrogens (tertiary/aromatic N) is 3. The molecule has 0 unspecified atom stereocenters. The number of ether oxygens (including phenoxy) is 1. The summed E-state index contributed by atoms with van der Waals surface area (Å²) in [5.74, 6) is 2.72. The van der Waals surface area contributed by atoms with Gasteiger partial charge in [-0.15, -0.1) is 11.3 Å². The van der Waals surface area contributed by atoms with Crippen molar-refractivity contribution in [1.29, 1.82) is 0 Å². The molecule has 0 N–H and O–H groups in total. The van der Waals surface area contributed by atoms with Crippen LogP contribution in [-0.4, -0.2) is 28.0 Å². The van der Waals surface area contributed by atoms with Gasteiger partial charge >= 0.3 is 5.63 Å². The Morgan fingerprint density at radius 2 is 1.94 bits per heavy atom. The number of hydrogen-bond acceptors (Lipinski definition) is 7. The number of aryl methyl sites for hydroxylation is 2. The fraction of sp³-hybridized carbons (Fsp3) is 0.375. The molecule has 0 amide bonds. The minimum atomic E-state index is -0.378. The Bertz CT molecular complexity index is 1320. The molecule has 0 bridgehead atoms. The number of benzene rings is 1. The molecular formula is C24H25N3O3S. The van der Waals surface area contributed by atoms with Crippen LogP contribution >= 0.6 is 11.3 Å². The molecule has 1 aliphatic heterocycles. The highest BCUT2D eigenvalue weighted by Crippen LogP contribution is 2.37. The molecule has 1 saturated heterocycles. The van der Waals surface area contributed by atoms with Gasteiger partial charge in [-0.05, 0) is 69.5 Å². The van der Waals surface area contributed by atoms with Crippen LogP contribution in [0.3, 0.4) is 0 Å². The topological polar surface area (TPSA) is 68.5 Å². The summed E-state index contributed by atoms with van der Waals surface area (Å²) >= 11 is 1.68. The van der Waals surface area contributed by atoms with Crippen LogP contribution in [0.25, 0.3) is 21.2 Å². The van der Waals surface area contributed by atoms with Gasteiger partial charge in [0.05, 0.1) is 11.9 Å². The van der Waals surface area contributed by atoms with Crippen molar-refractivity contribution in [2.75, 3.05) is 13.1 Å². The number of thiophene rings is 1. The van der Waals surface area contributed by atoms with E-state index in [4.69, 9.17) is 19.1 Å². The van der Waals surface area contributed by atoms with Crippen LogP contribution in [0.5, 0.6) is 11.6 Å². The summed E-state index contributed by atoms with van der Waals surface area (Å²) in [7, 11) is 0. The summed E-state index contributed by atoms with van der Waals surface area (Å²) in [4.78, 5) is 25.9.